The molecule has 7 nitrogen and oxygen atoms in total. The molecule has 0 spiro atoms. The second kappa shape index (κ2) is 8.82. The molecule has 0 saturated carbocycles. The summed E-state index contributed by atoms with van der Waals surface area (Å²) in [5.74, 6) is 0.874. The molecule has 0 unspecified atom stereocenters. The van der Waals surface area contributed by atoms with Crippen molar-refractivity contribution in [1.29, 1.82) is 0 Å². The molecular weight excluding hydrogens is 389 g/mol. The third-order valence-electron chi connectivity index (χ3n) is 3.78. The first-order valence-electron chi connectivity index (χ1n) is 8.63. The maximum absolute atomic E-state index is 12.5. The molecule has 0 amide bonds. The molecular formula is C19H19F3N4O3. The van der Waals surface area contributed by atoms with Crippen LogP contribution in [0, 0.1) is 0 Å². The molecule has 29 heavy (non-hydrogen) atoms. The molecule has 2 N–H and O–H groups in total. The first kappa shape index (κ1) is 20.5. The molecule has 1 aromatic carbocycles. The molecule has 2 aromatic heterocycles. The van der Waals surface area contributed by atoms with Crippen molar-refractivity contribution in [3.8, 4) is 34.5 Å². The number of halogens is 3. The van der Waals surface area contributed by atoms with Gasteiger partial charge >= 0.3 is 6.18 Å². The van der Waals surface area contributed by atoms with Gasteiger partial charge in [-0.15, -0.1) is 5.10 Å². The SMILES string of the molecule is COc1ccc(-n2nc(OCC(F)(F)F)cc2-c2ccc(OCCN)cc2)cn1. The van der Waals surface area contributed by atoms with Crippen LogP contribution in [0.15, 0.2) is 48.7 Å². The Kier molecular flexibility index (Phi) is 6.23. The average molecular weight is 408 g/mol. The normalized spacial score (nSPS) is 11.3. The van der Waals surface area contributed by atoms with E-state index in [-0.39, 0.29) is 5.88 Å². The summed E-state index contributed by atoms with van der Waals surface area (Å²) in [5, 5.41) is 4.15. The predicted octanol–water partition coefficient (Wildman–Crippen LogP) is 3.22. The van der Waals surface area contributed by atoms with Crippen LogP contribution < -0.4 is 19.9 Å². The van der Waals surface area contributed by atoms with Crippen LogP contribution in [0.3, 0.4) is 0 Å². The van der Waals surface area contributed by atoms with E-state index in [4.69, 9.17) is 19.9 Å². The first-order chi connectivity index (χ1) is 13.9. The molecule has 0 fully saturated rings. The van der Waals surface area contributed by atoms with E-state index in [1.165, 1.54) is 24.1 Å². The Hall–Kier alpha value is -3.27. The summed E-state index contributed by atoms with van der Waals surface area (Å²) in [6.45, 7) is -0.667. The fraction of sp³-hybridized carbons (Fsp3) is 0.263. The summed E-state index contributed by atoms with van der Waals surface area (Å²) in [7, 11) is 1.48. The standard InChI is InChI=1S/C19H19F3N4O3/c1-27-17-7-4-14(11-24-17)26-16(10-18(25-26)29-12-19(20,21)22)13-2-5-15(6-3-13)28-9-8-23/h2-7,10-11H,8-9,12,23H2,1H3. The van der Waals surface area contributed by atoms with Crippen molar-refractivity contribution in [2.45, 2.75) is 6.18 Å². The lowest BCUT2D eigenvalue weighted by molar-refractivity contribution is -0.154. The number of nitrogens with zero attached hydrogens (tertiary/aromatic N) is 3. The van der Waals surface area contributed by atoms with Gasteiger partial charge in [0.1, 0.15) is 12.4 Å². The molecule has 0 aliphatic carbocycles. The molecule has 2 heterocycles. The number of alkyl halides is 3. The quantitative estimate of drug-likeness (QED) is 0.616. The van der Waals surface area contributed by atoms with E-state index in [0.717, 1.165) is 0 Å². The molecule has 0 atom stereocenters. The number of nitrogens with two attached hydrogens (primary N) is 1. The van der Waals surface area contributed by atoms with Crippen molar-refractivity contribution >= 4 is 0 Å². The summed E-state index contributed by atoms with van der Waals surface area (Å²) in [6.07, 6.45) is -2.96. The maximum Gasteiger partial charge on any atom is 0.422 e. The highest BCUT2D eigenvalue weighted by molar-refractivity contribution is 5.64. The summed E-state index contributed by atoms with van der Waals surface area (Å²) in [6, 6.07) is 11.8. The van der Waals surface area contributed by atoms with Gasteiger partial charge in [0.05, 0.1) is 24.7 Å². The Balaban J connectivity index is 1.95. The largest absolute Gasteiger partial charge is 0.492 e. The van der Waals surface area contributed by atoms with E-state index in [2.05, 4.69) is 10.1 Å². The minimum absolute atomic E-state index is 0.156. The van der Waals surface area contributed by atoms with Crippen LogP contribution in [0.4, 0.5) is 13.2 Å². The van der Waals surface area contributed by atoms with E-state index in [1.54, 1.807) is 36.4 Å². The highest BCUT2D eigenvalue weighted by Gasteiger charge is 2.29. The van der Waals surface area contributed by atoms with Crippen LogP contribution in [0.5, 0.6) is 17.5 Å². The van der Waals surface area contributed by atoms with Gasteiger partial charge in [-0.05, 0) is 30.3 Å². The zero-order valence-corrected chi connectivity index (χ0v) is 15.5. The van der Waals surface area contributed by atoms with Crippen molar-refractivity contribution in [3.63, 3.8) is 0 Å². The Labute approximate surface area is 164 Å². The van der Waals surface area contributed by atoms with Gasteiger partial charge in [0.25, 0.3) is 0 Å². The lowest BCUT2D eigenvalue weighted by atomic mass is 10.1. The van der Waals surface area contributed by atoms with Crippen LogP contribution >= 0.6 is 0 Å². The molecule has 154 valence electrons. The van der Waals surface area contributed by atoms with Gasteiger partial charge in [-0.25, -0.2) is 9.67 Å². The summed E-state index contributed by atoms with van der Waals surface area (Å²) >= 11 is 0. The van der Waals surface area contributed by atoms with Crippen molar-refractivity contribution in [3.05, 3.63) is 48.7 Å². The second-order valence-corrected chi connectivity index (χ2v) is 5.90. The molecule has 3 aromatic rings. The number of hydrogen-bond donors (Lipinski definition) is 1. The molecule has 0 bridgehead atoms. The molecule has 10 heteroatoms. The van der Waals surface area contributed by atoms with Gasteiger partial charge < -0.3 is 19.9 Å². The third kappa shape index (κ3) is 5.38. The minimum atomic E-state index is -4.46. The van der Waals surface area contributed by atoms with Gasteiger partial charge in [-0.3, -0.25) is 0 Å². The van der Waals surface area contributed by atoms with E-state index in [0.29, 0.717) is 41.7 Å². The predicted molar refractivity (Wildman–Crippen MR) is 99.4 cm³/mol. The average Bonchev–Trinajstić information content (AvgIpc) is 3.15. The Morgan fingerprint density at radius 1 is 1.03 bits per heavy atom. The fourth-order valence-electron chi connectivity index (χ4n) is 2.51. The fourth-order valence-corrected chi connectivity index (χ4v) is 2.51. The van der Waals surface area contributed by atoms with Gasteiger partial charge in [-0.1, -0.05) is 0 Å². The zero-order valence-electron chi connectivity index (χ0n) is 15.5. The van der Waals surface area contributed by atoms with Gasteiger partial charge in [0, 0.05) is 24.2 Å². The highest BCUT2D eigenvalue weighted by Crippen LogP contribution is 2.29. The monoisotopic (exact) mass is 408 g/mol. The van der Waals surface area contributed by atoms with E-state index >= 15 is 0 Å². The number of methoxy groups -OCH3 is 1. The number of aromatic nitrogens is 3. The molecule has 0 radical (unpaired) electrons. The van der Waals surface area contributed by atoms with Crippen LogP contribution in [0.1, 0.15) is 0 Å². The van der Waals surface area contributed by atoms with Crippen molar-refractivity contribution in [2.24, 2.45) is 5.73 Å². The molecule has 0 saturated heterocycles. The van der Waals surface area contributed by atoms with Crippen molar-refractivity contribution in [2.75, 3.05) is 26.9 Å². The summed E-state index contributed by atoms with van der Waals surface area (Å²) < 4.78 is 54.3. The van der Waals surface area contributed by atoms with E-state index in [9.17, 15) is 13.2 Å². The van der Waals surface area contributed by atoms with Gasteiger partial charge in [0.2, 0.25) is 11.8 Å². The van der Waals surface area contributed by atoms with E-state index in [1.807, 2.05) is 0 Å². The Morgan fingerprint density at radius 3 is 2.38 bits per heavy atom. The number of ether oxygens (including phenoxy) is 3. The molecule has 0 aliphatic rings. The Morgan fingerprint density at radius 2 is 1.79 bits per heavy atom. The molecule has 3 rings (SSSR count). The topological polar surface area (TPSA) is 84.4 Å². The second-order valence-electron chi connectivity index (χ2n) is 5.90. The molecule has 0 aliphatic heterocycles. The number of pyridine rings is 1. The van der Waals surface area contributed by atoms with Crippen LogP contribution in [0.2, 0.25) is 0 Å². The summed E-state index contributed by atoms with van der Waals surface area (Å²) in [5.41, 5.74) is 7.18. The van der Waals surface area contributed by atoms with Crippen LogP contribution in [0.25, 0.3) is 16.9 Å². The lowest BCUT2D eigenvalue weighted by Crippen LogP contribution is -2.19. The number of benzene rings is 1. The number of hydrogen-bond acceptors (Lipinski definition) is 6. The zero-order chi connectivity index (χ0) is 20.9. The van der Waals surface area contributed by atoms with Crippen LogP contribution in [-0.2, 0) is 0 Å². The van der Waals surface area contributed by atoms with Gasteiger partial charge in [0.15, 0.2) is 6.61 Å². The van der Waals surface area contributed by atoms with Crippen molar-refractivity contribution in [1.82, 2.24) is 14.8 Å². The maximum atomic E-state index is 12.5. The van der Waals surface area contributed by atoms with E-state index < -0.39 is 12.8 Å². The number of rotatable bonds is 8. The van der Waals surface area contributed by atoms with Crippen molar-refractivity contribution < 1.29 is 27.4 Å². The third-order valence-corrected chi connectivity index (χ3v) is 3.78. The lowest BCUT2D eigenvalue weighted by Gasteiger charge is -2.09. The minimum Gasteiger partial charge on any atom is -0.492 e. The van der Waals surface area contributed by atoms with Crippen LogP contribution in [-0.4, -0.2) is 47.8 Å². The van der Waals surface area contributed by atoms with Gasteiger partial charge in [-0.2, -0.15) is 13.2 Å². The highest BCUT2D eigenvalue weighted by atomic mass is 19.4. The Bertz CT molecular complexity index is 925. The smallest absolute Gasteiger partial charge is 0.422 e. The summed E-state index contributed by atoms with van der Waals surface area (Å²) in [4.78, 5) is 4.11. The first-order valence-corrected chi connectivity index (χ1v) is 8.63.